The van der Waals surface area contributed by atoms with E-state index in [9.17, 15) is 4.79 Å². The van der Waals surface area contributed by atoms with Crippen molar-refractivity contribution in [3.05, 3.63) is 0 Å². The number of rotatable bonds is 0. The smallest absolute Gasteiger partial charge is 0.251 e. The minimum Gasteiger partial charge on any atom is -0.276 e. The third-order valence-corrected chi connectivity index (χ3v) is 0. The van der Waals surface area contributed by atoms with Crippen molar-refractivity contribution in [1.29, 1.82) is 0 Å². The Morgan fingerprint density at radius 3 is 1.40 bits per heavy atom. The van der Waals surface area contributed by atoms with Gasteiger partial charge in [-0.05, 0) is 0 Å². The predicted octanol–water partition coefficient (Wildman–Crippen LogP) is 1.97. The van der Waals surface area contributed by atoms with Crippen molar-refractivity contribution in [3.63, 3.8) is 0 Å². The first-order valence-electron chi connectivity index (χ1n) is 0.582. The quantitative estimate of drug-likeness (QED) is 0.390. The van der Waals surface area contributed by atoms with E-state index in [4.69, 9.17) is 0 Å². The van der Waals surface area contributed by atoms with E-state index >= 15 is 0 Å². The molecule has 4 heteroatoms. The third kappa shape index (κ3) is 26.2. The zero-order valence-corrected chi connectivity index (χ0v) is 8.87. The van der Waals surface area contributed by atoms with E-state index in [0.717, 1.165) is 0 Å². The van der Waals surface area contributed by atoms with Gasteiger partial charge in [0.1, 0.15) is 0 Å². The van der Waals surface area contributed by atoms with Gasteiger partial charge >= 0.3 is 0 Å². The molecule has 0 saturated heterocycles. The van der Waals surface area contributed by atoms with Crippen LogP contribution in [0.4, 0.5) is 4.79 Å². The zero-order chi connectivity index (χ0) is 3.58. The van der Waals surface area contributed by atoms with E-state index in [1.54, 1.807) is 45.2 Å². The summed E-state index contributed by atoms with van der Waals surface area (Å²) in [7, 11) is 0. The van der Waals surface area contributed by atoms with Gasteiger partial charge in [-0.1, -0.05) is 0 Å². The Morgan fingerprint density at radius 2 is 1.40 bits per heavy atom. The largest absolute Gasteiger partial charge is 0.276 e. The number of carbonyl (C=O) groups is 1. The Morgan fingerprint density at radius 1 is 1.40 bits per heavy atom. The van der Waals surface area contributed by atoms with E-state index < -0.39 is 0 Å². The maximum atomic E-state index is 9.42. The summed E-state index contributed by atoms with van der Waals surface area (Å²) in [5.74, 6) is 0. The molecule has 0 rings (SSSR count). The Hall–Kier alpha value is 1.77. The van der Waals surface area contributed by atoms with Crippen LogP contribution in [0.3, 0.4) is 0 Å². The fourth-order valence-electron chi connectivity index (χ4n) is 0. The van der Waals surface area contributed by atoms with E-state index in [-0.39, 0.29) is 21.6 Å². The van der Waals surface area contributed by atoms with Gasteiger partial charge in [0.05, 0.1) is 0 Å². The molecule has 0 fully saturated rings. The molecule has 0 aromatic heterocycles. The summed E-state index contributed by atoms with van der Waals surface area (Å²) in [6.45, 7) is 0. The van der Waals surface area contributed by atoms with Crippen molar-refractivity contribution in [2.75, 3.05) is 0 Å². The van der Waals surface area contributed by atoms with E-state index in [0.29, 0.717) is 0 Å². The molecule has 0 amide bonds. The van der Waals surface area contributed by atoms with Crippen LogP contribution in [-0.4, -0.2) is 1.80 Å². The second kappa shape index (κ2) is 5.77. The summed E-state index contributed by atoms with van der Waals surface area (Å²) in [6, 6.07) is 0. The Balaban J connectivity index is 0. The van der Waals surface area contributed by atoms with Gasteiger partial charge in [0.15, 0.2) is 0 Å². The summed E-state index contributed by atoms with van der Waals surface area (Å²) in [5, 5.41) is 0. The van der Waals surface area contributed by atoms with Crippen molar-refractivity contribution in [2.24, 2.45) is 0 Å². The SMILES string of the molecule is O=C(I)I.[Os]. The molecule has 0 radical (unpaired) electrons. The van der Waals surface area contributed by atoms with Gasteiger partial charge in [0.2, 0.25) is 0 Å². The van der Waals surface area contributed by atoms with Crippen molar-refractivity contribution in [1.82, 2.24) is 0 Å². The molecule has 32 valence electrons. The van der Waals surface area contributed by atoms with Crippen LogP contribution >= 0.6 is 45.2 Å². The van der Waals surface area contributed by atoms with E-state index in [1.165, 1.54) is 0 Å². The first-order chi connectivity index (χ1) is 1.73. The molecule has 1 nitrogen and oxygen atoms in total. The molecule has 0 bridgehead atoms. The molecule has 0 aromatic carbocycles. The molecule has 0 aliphatic rings. The zero-order valence-electron chi connectivity index (χ0n) is 2.02. The summed E-state index contributed by atoms with van der Waals surface area (Å²) in [6.07, 6.45) is 0. The van der Waals surface area contributed by atoms with E-state index in [2.05, 4.69) is 0 Å². The first kappa shape index (κ1) is 9.90. The molecule has 0 aliphatic heterocycles. The standard InChI is InChI=1S/CI2O.Os/c2-1(3)4;. The van der Waals surface area contributed by atoms with Crippen LogP contribution in [-0.2, 0) is 19.8 Å². The molecule has 0 aromatic rings. The maximum Gasteiger partial charge on any atom is 0.251 e. The summed E-state index contributed by atoms with van der Waals surface area (Å²) >= 11 is 3.38. The molecular weight excluding hydrogens is 472 g/mol. The van der Waals surface area contributed by atoms with Gasteiger partial charge in [0.25, 0.3) is 1.80 Å². The average molecular weight is 472 g/mol. The monoisotopic (exact) mass is 474 g/mol. The Kier molecular flexibility index (Phi) is 11.4. The summed E-state index contributed by atoms with van der Waals surface area (Å²) in [4.78, 5) is 9.42. The van der Waals surface area contributed by atoms with Crippen LogP contribution in [0.5, 0.6) is 0 Å². The van der Waals surface area contributed by atoms with Crippen molar-refractivity contribution >= 4 is 47.0 Å². The van der Waals surface area contributed by atoms with Gasteiger partial charge in [-0.25, -0.2) is 0 Å². The van der Waals surface area contributed by atoms with Crippen LogP contribution < -0.4 is 0 Å². The number of hydrogen-bond acceptors (Lipinski definition) is 1. The van der Waals surface area contributed by atoms with Crippen LogP contribution in [0, 0.1) is 0 Å². The number of carbonyl (C=O) groups excluding carboxylic acids is 1. The third-order valence-electron chi connectivity index (χ3n) is 0. The topological polar surface area (TPSA) is 17.1 Å². The molecule has 0 atom stereocenters. The van der Waals surface area contributed by atoms with Gasteiger partial charge in [-0.3, -0.25) is 4.79 Å². The van der Waals surface area contributed by atoms with Crippen molar-refractivity contribution in [3.8, 4) is 0 Å². The minimum absolute atomic E-state index is 0. The Bertz CT molecular complexity index is 32.6. The van der Waals surface area contributed by atoms with Gasteiger partial charge in [-0.2, -0.15) is 0 Å². The molecule has 0 spiro atoms. The van der Waals surface area contributed by atoms with Crippen LogP contribution in [0.1, 0.15) is 0 Å². The molecule has 0 N–H and O–H groups in total. The van der Waals surface area contributed by atoms with Crippen LogP contribution in [0.2, 0.25) is 0 Å². The van der Waals surface area contributed by atoms with Crippen molar-refractivity contribution in [2.45, 2.75) is 0 Å². The van der Waals surface area contributed by atoms with E-state index in [1.807, 2.05) is 0 Å². The van der Waals surface area contributed by atoms with Gasteiger partial charge < -0.3 is 0 Å². The summed E-state index contributed by atoms with van der Waals surface area (Å²) in [5.41, 5.74) is 0. The second-order valence-electron chi connectivity index (χ2n) is 0.226. The average Bonchev–Trinajstić information content (AvgIpc) is 0.811. The number of halogens is 2. The fourth-order valence-corrected chi connectivity index (χ4v) is 0. The maximum absolute atomic E-state index is 9.42. The van der Waals surface area contributed by atoms with Crippen molar-refractivity contribution < 1.29 is 24.6 Å². The minimum atomic E-state index is 0. The fraction of sp³-hybridized carbons (Fsp3) is 0. The molecular formula is CI2OOs. The number of hydrogen-bond donors (Lipinski definition) is 0. The molecule has 5 heavy (non-hydrogen) atoms. The first-order valence-corrected chi connectivity index (χ1v) is 2.74. The van der Waals surface area contributed by atoms with Gasteiger partial charge in [-0.15, -0.1) is 0 Å². The normalized spacial score (nSPS) is 5.20. The molecule has 0 aliphatic carbocycles. The van der Waals surface area contributed by atoms with Gasteiger partial charge in [0, 0.05) is 65.0 Å². The molecule has 0 heterocycles. The van der Waals surface area contributed by atoms with Crippen LogP contribution in [0.25, 0.3) is 0 Å². The Labute approximate surface area is 70.6 Å². The summed E-state index contributed by atoms with van der Waals surface area (Å²) < 4.78 is 0.107. The predicted molar refractivity (Wildman–Crippen MR) is 33.4 cm³/mol. The second-order valence-corrected chi connectivity index (χ2v) is 4.25. The van der Waals surface area contributed by atoms with Crippen LogP contribution in [0.15, 0.2) is 0 Å². The molecule has 0 unspecified atom stereocenters. The molecule has 0 saturated carbocycles.